The number of anilines is 1. The summed E-state index contributed by atoms with van der Waals surface area (Å²) in [4.78, 5) is 14.3. The van der Waals surface area contributed by atoms with Gasteiger partial charge in [0.1, 0.15) is 5.69 Å². The van der Waals surface area contributed by atoms with Gasteiger partial charge in [-0.05, 0) is 47.8 Å². The summed E-state index contributed by atoms with van der Waals surface area (Å²) in [6, 6.07) is 19.6. The minimum absolute atomic E-state index is 0.184. The lowest BCUT2D eigenvalue weighted by molar-refractivity contribution is 0.0730. The van der Waals surface area contributed by atoms with Crippen molar-refractivity contribution >= 4 is 33.0 Å². The molecule has 1 amide bonds. The van der Waals surface area contributed by atoms with Crippen molar-refractivity contribution in [3.05, 3.63) is 83.9 Å². The Morgan fingerprint density at radius 2 is 1.71 bits per heavy atom. The zero-order valence-electron chi connectivity index (χ0n) is 18.1. The van der Waals surface area contributed by atoms with Crippen molar-refractivity contribution in [1.82, 2.24) is 14.1 Å². The fourth-order valence-electron chi connectivity index (χ4n) is 3.69. The third-order valence-electron chi connectivity index (χ3n) is 5.45. The second kappa shape index (κ2) is 9.51. The molecule has 5 rings (SSSR count). The molecule has 2 aromatic heterocycles. The highest BCUT2D eigenvalue weighted by atomic mass is 32.2. The highest BCUT2D eigenvalue weighted by Crippen LogP contribution is 2.29. The van der Waals surface area contributed by atoms with Gasteiger partial charge in [-0.25, -0.2) is 13.1 Å². The van der Waals surface area contributed by atoms with E-state index in [-0.39, 0.29) is 10.8 Å². The molecule has 0 saturated carbocycles. The fourth-order valence-corrected chi connectivity index (χ4v) is 5.82. The molecule has 1 aliphatic rings. The van der Waals surface area contributed by atoms with Gasteiger partial charge in [-0.3, -0.25) is 4.79 Å². The highest BCUT2D eigenvalue weighted by molar-refractivity contribution is 7.89. The molecule has 1 aliphatic heterocycles. The molecule has 0 unspecified atom stereocenters. The number of thiophene rings is 1. The van der Waals surface area contributed by atoms with Crippen molar-refractivity contribution in [2.75, 3.05) is 31.6 Å². The molecule has 0 radical (unpaired) electrons. The topological polar surface area (TPSA) is 93.5 Å². The van der Waals surface area contributed by atoms with Crippen LogP contribution in [0.15, 0.2) is 83.2 Å². The molecule has 2 aromatic carbocycles. The molecule has 3 heterocycles. The highest BCUT2D eigenvalue weighted by Gasteiger charge is 2.26. The van der Waals surface area contributed by atoms with Crippen LogP contribution in [0.3, 0.4) is 0 Å². The summed E-state index contributed by atoms with van der Waals surface area (Å²) < 4.78 is 34.0. The first kappa shape index (κ1) is 22.5. The van der Waals surface area contributed by atoms with E-state index in [1.165, 1.54) is 27.8 Å². The zero-order valence-corrected chi connectivity index (χ0v) is 19.8. The molecule has 1 N–H and O–H groups in total. The van der Waals surface area contributed by atoms with Crippen molar-refractivity contribution in [3.8, 4) is 16.3 Å². The second-order valence-electron chi connectivity index (χ2n) is 7.64. The Morgan fingerprint density at radius 3 is 2.38 bits per heavy atom. The Morgan fingerprint density at radius 1 is 0.971 bits per heavy atom. The lowest BCUT2D eigenvalue weighted by atomic mass is 10.2. The van der Waals surface area contributed by atoms with Crippen molar-refractivity contribution in [3.63, 3.8) is 0 Å². The molecule has 1 fully saturated rings. The molecule has 8 nitrogen and oxygen atoms in total. The number of amides is 1. The maximum Gasteiger partial charge on any atom is 0.259 e. The molecular formula is C24H22N4O4S2. The van der Waals surface area contributed by atoms with Crippen LogP contribution in [0.2, 0.25) is 0 Å². The van der Waals surface area contributed by atoms with Crippen LogP contribution in [-0.4, -0.2) is 54.7 Å². The predicted molar refractivity (Wildman–Crippen MR) is 131 cm³/mol. The third kappa shape index (κ3) is 4.53. The van der Waals surface area contributed by atoms with Crippen LogP contribution in [0.25, 0.3) is 16.3 Å². The third-order valence-corrected chi connectivity index (χ3v) is 8.24. The number of nitrogens with one attached hydrogen (secondary N) is 1. The molecule has 0 aliphatic carbocycles. The van der Waals surface area contributed by atoms with Gasteiger partial charge in [0.2, 0.25) is 10.0 Å². The number of morpholine rings is 1. The molecule has 0 bridgehead atoms. The van der Waals surface area contributed by atoms with Gasteiger partial charge in [0.15, 0.2) is 0 Å². The average molecular weight is 495 g/mol. The first-order valence-corrected chi connectivity index (χ1v) is 13.0. The molecule has 34 heavy (non-hydrogen) atoms. The van der Waals surface area contributed by atoms with E-state index in [2.05, 4.69) is 10.4 Å². The Labute approximate surface area is 201 Å². The van der Waals surface area contributed by atoms with Gasteiger partial charge in [-0.1, -0.05) is 24.3 Å². The number of aromatic nitrogens is 2. The first-order chi connectivity index (χ1) is 16.5. The molecule has 1 saturated heterocycles. The van der Waals surface area contributed by atoms with Crippen LogP contribution in [-0.2, 0) is 14.8 Å². The van der Waals surface area contributed by atoms with Crippen LogP contribution < -0.4 is 5.32 Å². The zero-order chi connectivity index (χ0) is 23.5. The van der Waals surface area contributed by atoms with Crippen LogP contribution in [0.1, 0.15) is 10.4 Å². The number of carbonyl (C=O) groups is 1. The monoisotopic (exact) mass is 494 g/mol. The number of para-hydroxylation sites is 1. The van der Waals surface area contributed by atoms with Gasteiger partial charge >= 0.3 is 0 Å². The Bertz CT molecular complexity index is 1380. The Kier molecular flexibility index (Phi) is 6.29. The summed E-state index contributed by atoms with van der Waals surface area (Å²) in [6.45, 7) is 1.43. The van der Waals surface area contributed by atoms with Gasteiger partial charge in [-0.2, -0.15) is 9.40 Å². The molecule has 0 atom stereocenters. The lowest BCUT2D eigenvalue weighted by Gasteiger charge is -2.26. The van der Waals surface area contributed by atoms with Crippen molar-refractivity contribution < 1.29 is 17.9 Å². The maximum absolute atomic E-state index is 13.2. The predicted octanol–water partition coefficient (Wildman–Crippen LogP) is 3.87. The lowest BCUT2D eigenvalue weighted by Crippen LogP contribution is -2.40. The van der Waals surface area contributed by atoms with Gasteiger partial charge in [0.05, 0.1) is 34.2 Å². The number of hydrogen-bond acceptors (Lipinski definition) is 6. The minimum atomic E-state index is -3.59. The van der Waals surface area contributed by atoms with E-state index >= 15 is 0 Å². The van der Waals surface area contributed by atoms with Crippen LogP contribution >= 0.6 is 11.3 Å². The molecular weight excluding hydrogens is 472 g/mol. The fraction of sp³-hybridized carbons (Fsp3) is 0.167. The van der Waals surface area contributed by atoms with E-state index in [0.29, 0.717) is 43.2 Å². The smallest absolute Gasteiger partial charge is 0.259 e. The number of benzene rings is 2. The summed E-state index contributed by atoms with van der Waals surface area (Å²) in [6.07, 6.45) is 1.71. The van der Waals surface area contributed by atoms with Gasteiger partial charge in [0, 0.05) is 25.0 Å². The van der Waals surface area contributed by atoms with Crippen LogP contribution in [0, 0.1) is 0 Å². The minimum Gasteiger partial charge on any atom is -0.379 e. The van der Waals surface area contributed by atoms with Crippen molar-refractivity contribution in [1.29, 1.82) is 0 Å². The number of hydrogen-bond donors (Lipinski definition) is 1. The summed E-state index contributed by atoms with van der Waals surface area (Å²) in [5.41, 5.74) is 2.35. The summed E-state index contributed by atoms with van der Waals surface area (Å²) >= 11 is 1.50. The summed E-state index contributed by atoms with van der Waals surface area (Å²) in [5.74, 6) is -0.325. The first-order valence-electron chi connectivity index (χ1n) is 10.7. The number of rotatable bonds is 6. The standard InChI is InChI=1S/C24H22N4O4S2/c29-24(25-18-8-10-20(11-9-18)34(30,31)27-12-14-32-15-13-27)21-17-28(19-5-2-1-3-6-19)26-23(21)22-7-4-16-33-22/h1-11,16-17H,12-15H2,(H,25,29). The largest absolute Gasteiger partial charge is 0.379 e. The number of nitrogens with zero attached hydrogens (tertiary/aromatic N) is 3. The summed E-state index contributed by atoms with van der Waals surface area (Å²) in [7, 11) is -3.59. The van der Waals surface area contributed by atoms with Crippen molar-refractivity contribution in [2.24, 2.45) is 0 Å². The average Bonchev–Trinajstić information content (AvgIpc) is 3.56. The van der Waals surface area contributed by atoms with E-state index in [9.17, 15) is 13.2 Å². The van der Waals surface area contributed by atoms with Gasteiger partial charge < -0.3 is 10.1 Å². The van der Waals surface area contributed by atoms with E-state index in [0.717, 1.165) is 10.6 Å². The number of ether oxygens (including phenoxy) is 1. The van der Waals surface area contributed by atoms with Crippen molar-refractivity contribution in [2.45, 2.75) is 4.90 Å². The Balaban J connectivity index is 1.39. The molecule has 174 valence electrons. The van der Waals surface area contributed by atoms with Crippen LogP contribution in [0.5, 0.6) is 0 Å². The summed E-state index contributed by atoms with van der Waals surface area (Å²) in [5, 5.41) is 9.46. The Hall–Kier alpha value is -3.31. The molecule has 10 heteroatoms. The van der Waals surface area contributed by atoms with E-state index < -0.39 is 10.0 Å². The number of sulfonamides is 1. The van der Waals surface area contributed by atoms with E-state index in [1.807, 2.05) is 47.8 Å². The normalized spacial score (nSPS) is 14.7. The van der Waals surface area contributed by atoms with Crippen LogP contribution in [0.4, 0.5) is 5.69 Å². The molecule has 4 aromatic rings. The van der Waals surface area contributed by atoms with Gasteiger partial charge in [0.25, 0.3) is 5.91 Å². The maximum atomic E-state index is 13.2. The number of carbonyl (C=O) groups excluding carboxylic acids is 1. The van der Waals surface area contributed by atoms with E-state index in [1.54, 1.807) is 23.0 Å². The second-order valence-corrected chi connectivity index (χ2v) is 10.5. The van der Waals surface area contributed by atoms with Gasteiger partial charge in [-0.15, -0.1) is 11.3 Å². The SMILES string of the molecule is O=C(Nc1ccc(S(=O)(=O)N2CCOCC2)cc1)c1cn(-c2ccccc2)nc1-c1cccs1. The molecule has 0 spiro atoms. The quantitative estimate of drug-likeness (QED) is 0.439. The van der Waals surface area contributed by atoms with E-state index in [4.69, 9.17) is 4.74 Å².